The van der Waals surface area contributed by atoms with Crippen molar-refractivity contribution in [1.82, 2.24) is 10.2 Å². The maximum Gasteiger partial charge on any atom is 0.251 e. The third kappa shape index (κ3) is 6.26. The molecule has 1 heterocycles. The maximum atomic E-state index is 13.1. The fourth-order valence-corrected chi connectivity index (χ4v) is 6.10. The molecule has 3 aromatic rings. The van der Waals surface area contributed by atoms with E-state index in [0.29, 0.717) is 23.6 Å². The van der Waals surface area contributed by atoms with Crippen LogP contribution in [-0.2, 0) is 18.5 Å². The minimum atomic E-state index is -0.101. The molecule has 3 aromatic carbocycles. The number of carbonyl (C=O) groups is 1. The second-order valence-electron chi connectivity index (χ2n) is 10.8. The molecule has 1 aliphatic rings. The Labute approximate surface area is 226 Å². The van der Waals surface area contributed by atoms with Crippen LogP contribution in [0.1, 0.15) is 78.8 Å². The van der Waals surface area contributed by atoms with Gasteiger partial charge in [0, 0.05) is 41.6 Å². The standard InChI is InChI=1S/C32H37N3OS/c1-6-37-27-14-11-24(12-15-27)19-34-31(36)26-13-16-28-29(17-26)32(4,5)21-35(30(28)22(2)3)20-25-9-7-23(18-33)8-10-25/h7-17,22,30H,6,19-21H2,1-5H3,(H,34,36). The third-order valence-corrected chi connectivity index (χ3v) is 8.04. The highest BCUT2D eigenvalue weighted by molar-refractivity contribution is 7.99. The molecule has 0 saturated heterocycles. The van der Waals surface area contributed by atoms with Gasteiger partial charge in [-0.3, -0.25) is 9.69 Å². The van der Waals surface area contributed by atoms with Crippen molar-refractivity contribution in [3.05, 3.63) is 100 Å². The Bertz CT molecular complexity index is 1270. The first-order valence-corrected chi connectivity index (χ1v) is 14.1. The van der Waals surface area contributed by atoms with Crippen molar-refractivity contribution in [3.63, 3.8) is 0 Å². The molecule has 0 fully saturated rings. The lowest BCUT2D eigenvalue weighted by Crippen LogP contribution is -2.46. The molecule has 1 aliphatic heterocycles. The number of rotatable bonds is 8. The summed E-state index contributed by atoms with van der Waals surface area (Å²) in [7, 11) is 0. The summed E-state index contributed by atoms with van der Waals surface area (Å²) in [4.78, 5) is 16.9. The van der Waals surface area contributed by atoms with E-state index in [2.05, 4.69) is 99.4 Å². The topological polar surface area (TPSA) is 56.1 Å². The van der Waals surface area contributed by atoms with E-state index in [1.54, 1.807) is 0 Å². The van der Waals surface area contributed by atoms with Crippen LogP contribution in [0, 0.1) is 17.2 Å². The van der Waals surface area contributed by atoms with Crippen LogP contribution in [0.2, 0.25) is 0 Å². The number of nitrogens with zero attached hydrogens (tertiary/aromatic N) is 2. The van der Waals surface area contributed by atoms with Gasteiger partial charge in [0.05, 0.1) is 11.6 Å². The van der Waals surface area contributed by atoms with Gasteiger partial charge >= 0.3 is 0 Å². The van der Waals surface area contributed by atoms with Crippen LogP contribution < -0.4 is 5.32 Å². The van der Waals surface area contributed by atoms with E-state index in [1.165, 1.54) is 21.6 Å². The number of thioether (sulfide) groups is 1. The average molecular weight is 512 g/mol. The van der Waals surface area contributed by atoms with Crippen LogP contribution in [0.5, 0.6) is 0 Å². The van der Waals surface area contributed by atoms with Crippen LogP contribution in [0.25, 0.3) is 0 Å². The lowest BCUT2D eigenvalue weighted by atomic mass is 9.73. The van der Waals surface area contributed by atoms with E-state index < -0.39 is 0 Å². The number of hydrogen-bond donors (Lipinski definition) is 1. The lowest BCUT2D eigenvalue weighted by molar-refractivity contribution is 0.0944. The first kappa shape index (κ1) is 27.0. The largest absolute Gasteiger partial charge is 0.348 e. The van der Waals surface area contributed by atoms with E-state index in [1.807, 2.05) is 30.0 Å². The average Bonchev–Trinajstić information content (AvgIpc) is 2.88. The fraction of sp³-hybridized carbons (Fsp3) is 0.375. The summed E-state index contributed by atoms with van der Waals surface area (Å²) in [5.74, 6) is 1.43. The van der Waals surface area contributed by atoms with Gasteiger partial charge in [0.25, 0.3) is 5.91 Å². The summed E-state index contributed by atoms with van der Waals surface area (Å²) in [6.45, 7) is 13.5. The van der Waals surface area contributed by atoms with Gasteiger partial charge in [0.1, 0.15) is 0 Å². The molecule has 0 saturated carbocycles. The minimum Gasteiger partial charge on any atom is -0.348 e. The molecule has 1 atom stereocenters. The van der Waals surface area contributed by atoms with Crippen molar-refractivity contribution in [2.24, 2.45) is 5.92 Å². The zero-order valence-corrected chi connectivity index (χ0v) is 23.4. The molecule has 0 bridgehead atoms. The van der Waals surface area contributed by atoms with Gasteiger partial charge in [-0.25, -0.2) is 0 Å². The highest BCUT2D eigenvalue weighted by Gasteiger charge is 2.39. The number of fused-ring (bicyclic) bond motifs is 1. The van der Waals surface area contributed by atoms with Gasteiger partial charge in [-0.05, 0) is 70.3 Å². The Morgan fingerprint density at radius 1 is 1.08 bits per heavy atom. The maximum absolute atomic E-state index is 13.1. The van der Waals surface area contributed by atoms with Gasteiger partial charge in [-0.1, -0.05) is 65.0 Å². The smallest absolute Gasteiger partial charge is 0.251 e. The molecular formula is C32H37N3OS. The van der Waals surface area contributed by atoms with Gasteiger partial charge in [0.15, 0.2) is 0 Å². The van der Waals surface area contributed by atoms with E-state index >= 15 is 0 Å². The first-order chi connectivity index (χ1) is 17.7. The number of amides is 1. The van der Waals surface area contributed by atoms with Gasteiger partial charge < -0.3 is 5.32 Å². The van der Waals surface area contributed by atoms with E-state index in [9.17, 15) is 4.79 Å². The molecule has 37 heavy (non-hydrogen) atoms. The molecule has 1 N–H and O–H groups in total. The molecule has 0 aromatic heterocycles. The van der Waals surface area contributed by atoms with Crippen molar-refractivity contribution >= 4 is 17.7 Å². The molecule has 0 radical (unpaired) electrons. The predicted octanol–water partition coefficient (Wildman–Crippen LogP) is 7.09. The molecule has 0 aliphatic carbocycles. The Balaban J connectivity index is 1.53. The molecule has 4 rings (SSSR count). The van der Waals surface area contributed by atoms with Crippen LogP contribution in [0.3, 0.4) is 0 Å². The number of hydrogen-bond acceptors (Lipinski definition) is 4. The number of nitriles is 1. The van der Waals surface area contributed by atoms with Crippen LogP contribution in [0.15, 0.2) is 71.6 Å². The second-order valence-corrected chi connectivity index (χ2v) is 12.2. The zero-order chi connectivity index (χ0) is 26.6. The normalized spacial score (nSPS) is 16.7. The summed E-state index contributed by atoms with van der Waals surface area (Å²) in [6.07, 6.45) is 0. The van der Waals surface area contributed by atoms with E-state index in [4.69, 9.17) is 5.26 Å². The van der Waals surface area contributed by atoms with Crippen molar-refractivity contribution in [1.29, 1.82) is 5.26 Å². The van der Waals surface area contributed by atoms with Gasteiger partial charge in [0.2, 0.25) is 0 Å². The molecular weight excluding hydrogens is 474 g/mol. The number of nitrogens with one attached hydrogen (secondary N) is 1. The highest BCUT2D eigenvalue weighted by atomic mass is 32.2. The molecule has 192 valence electrons. The second kappa shape index (κ2) is 11.5. The van der Waals surface area contributed by atoms with Crippen LogP contribution in [0.4, 0.5) is 0 Å². The Hall–Kier alpha value is -3.07. The number of benzene rings is 3. The van der Waals surface area contributed by atoms with Gasteiger partial charge in [-0.2, -0.15) is 5.26 Å². The Morgan fingerprint density at radius 3 is 2.38 bits per heavy atom. The Morgan fingerprint density at radius 2 is 1.76 bits per heavy atom. The SMILES string of the molecule is CCSc1ccc(CNC(=O)c2ccc3c(c2)C(C)(C)CN(Cc2ccc(C#N)cc2)C3C(C)C)cc1. The van der Waals surface area contributed by atoms with Crippen LogP contribution in [-0.4, -0.2) is 23.1 Å². The Kier molecular flexibility index (Phi) is 8.42. The summed E-state index contributed by atoms with van der Waals surface area (Å²) in [6, 6.07) is 25.0. The quantitative estimate of drug-likeness (QED) is 0.328. The third-order valence-electron chi connectivity index (χ3n) is 7.14. The lowest BCUT2D eigenvalue weighted by Gasteiger charge is -2.47. The van der Waals surface area contributed by atoms with Crippen LogP contribution >= 0.6 is 11.8 Å². The molecule has 4 nitrogen and oxygen atoms in total. The summed E-state index contributed by atoms with van der Waals surface area (Å²) in [5.41, 5.74) is 6.18. The molecule has 0 spiro atoms. The highest BCUT2D eigenvalue weighted by Crippen LogP contribution is 2.43. The van der Waals surface area contributed by atoms with Crippen molar-refractivity contribution in [3.8, 4) is 6.07 Å². The predicted molar refractivity (Wildman–Crippen MR) is 153 cm³/mol. The molecule has 1 unspecified atom stereocenters. The summed E-state index contributed by atoms with van der Waals surface area (Å²) >= 11 is 1.82. The monoisotopic (exact) mass is 511 g/mol. The molecule has 5 heteroatoms. The first-order valence-electron chi connectivity index (χ1n) is 13.1. The van der Waals surface area contributed by atoms with Crippen molar-refractivity contribution in [2.75, 3.05) is 12.3 Å². The number of carbonyl (C=O) groups excluding carboxylic acids is 1. The van der Waals surface area contributed by atoms with E-state index in [0.717, 1.165) is 24.4 Å². The molecule has 1 amide bonds. The zero-order valence-electron chi connectivity index (χ0n) is 22.5. The van der Waals surface area contributed by atoms with Crippen molar-refractivity contribution in [2.45, 2.75) is 64.1 Å². The summed E-state index contributed by atoms with van der Waals surface area (Å²) < 4.78 is 0. The van der Waals surface area contributed by atoms with Gasteiger partial charge in [-0.15, -0.1) is 11.8 Å². The van der Waals surface area contributed by atoms with Crippen molar-refractivity contribution < 1.29 is 4.79 Å². The summed E-state index contributed by atoms with van der Waals surface area (Å²) in [5, 5.41) is 12.2. The van der Waals surface area contributed by atoms with E-state index in [-0.39, 0.29) is 17.4 Å². The minimum absolute atomic E-state index is 0.0354. The fourth-order valence-electron chi connectivity index (χ4n) is 5.44.